The van der Waals surface area contributed by atoms with E-state index < -0.39 is 0 Å². The minimum absolute atomic E-state index is 0. The van der Waals surface area contributed by atoms with Crippen molar-refractivity contribution in [2.75, 3.05) is 23.7 Å². The monoisotopic (exact) mass is 442 g/mol. The van der Waals surface area contributed by atoms with Gasteiger partial charge in [-0.25, -0.2) is 4.39 Å². The van der Waals surface area contributed by atoms with E-state index >= 15 is 0 Å². The fraction of sp³-hybridized carbons (Fsp3) is 0.222. The molecule has 3 nitrogen and oxygen atoms in total. The van der Waals surface area contributed by atoms with Gasteiger partial charge in [-0.05, 0) is 55.0 Å². The van der Waals surface area contributed by atoms with E-state index in [1.54, 1.807) is 23.9 Å². The molecule has 1 aliphatic rings. The maximum atomic E-state index is 13.0. The van der Waals surface area contributed by atoms with Crippen LogP contribution in [0, 0.1) is 5.82 Å². The molecule has 0 bridgehead atoms. The van der Waals surface area contributed by atoms with Crippen LogP contribution in [-0.4, -0.2) is 29.8 Å². The molecule has 0 saturated carbocycles. The van der Waals surface area contributed by atoms with Crippen LogP contribution in [0.3, 0.4) is 0 Å². The van der Waals surface area contributed by atoms with Gasteiger partial charge in [0.1, 0.15) is 5.82 Å². The summed E-state index contributed by atoms with van der Waals surface area (Å²) in [5.41, 5.74) is 1.35. The Balaban J connectivity index is 0.00000225. The number of Topliss-reactive ketones (excluding diaryl/α,β-unsaturated/α-hetero) is 1. The second-order valence-corrected chi connectivity index (χ2v) is 6.86. The molecular formula is C18H17BrClFN2OS. The lowest BCUT2D eigenvalue weighted by molar-refractivity contribution is 0.100. The molecule has 1 heterocycles. The Morgan fingerprint density at radius 2 is 1.84 bits per heavy atom. The molecule has 0 atom stereocenters. The first-order valence-electron chi connectivity index (χ1n) is 7.62. The first-order chi connectivity index (χ1) is 11.6. The summed E-state index contributed by atoms with van der Waals surface area (Å²) in [6, 6.07) is 12.9. The highest BCUT2D eigenvalue weighted by Crippen LogP contribution is 2.24. The van der Waals surface area contributed by atoms with Crippen LogP contribution in [0.15, 0.2) is 53.5 Å². The van der Waals surface area contributed by atoms with Crippen LogP contribution in [0.2, 0.25) is 5.02 Å². The number of hydrogen-bond acceptors (Lipinski definition) is 4. The van der Waals surface area contributed by atoms with Crippen LogP contribution in [0.25, 0.3) is 0 Å². The van der Waals surface area contributed by atoms with E-state index in [1.807, 2.05) is 17.0 Å². The van der Waals surface area contributed by atoms with Gasteiger partial charge in [0.25, 0.3) is 0 Å². The van der Waals surface area contributed by atoms with E-state index in [0.29, 0.717) is 10.6 Å². The van der Waals surface area contributed by atoms with Crippen molar-refractivity contribution >= 4 is 57.0 Å². The Morgan fingerprint density at radius 1 is 1.16 bits per heavy atom. The molecule has 25 heavy (non-hydrogen) atoms. The number of hydrogen-bond donors (Lipinski definition) is 0. The average Bonchev–Trinajstić information content (AvgIpc) is 2.62. The number of thioether (sulfide) groups is 1. The Kier molecular flexibility index (Phi) is 7.47. The third-order valence-electron chi connectivity index (χ3n) is 3.62. The Bertz CT molecular complexity index is 753. The van der Waals surface area contributed by atoms with Gasteiger partial charge in [0, 0.05) is 28.6 Å². The molecule has 0 aliphatic carbocycles. The summed E-state index contributed by atoms with van der Waals surface area (Å²) in [6.07, 6.45) is 1.04. The van der Waals surface area contributed by atoms with Crippen molar-refractivity contribution in [2.24, 2.45) is 4.99 Å². The second-order valence-electron chi connectivity index (χ2n) is 5.36. The van der Waals surface area contributed by atoms with E-state index in [4.69, 9.17) is 11.6 Å². The molecule has 0 saturated heterocycles. The van der Waals surface area contributed by atoms with Crippen LogP contribution >= 0.6 is 40.3 Å². The molecule has 0 aromatic heterocycles. The van der Waals surface area contributed by atoms with Gasteiger partial charge in [-0.1, -0.05) is 23.4 Å². The smallest absolute Gasteiger partial charge is 0.182 e. The van der Waals surface area contributed by atoms with Gasteiger partial charge >= 0.3 is 0 Å². The number of carbonyl (C=O) groups excluding carboxylic acids is 1. The number of anilines is 1. The second kappa shape index (κ2) is 9.36. The topological polar surface area (TPSA) is 32.7 Å². The molecule has 0 unspecified atom stereocenters. The van der Waals surface area contributed by atoms with Gasteiger partial charge < -0.3 is 4.90 Å². The highest BCUT2D eigenvalue weighted by atomic mass is 79.9. The summed E-state index contributed by atoms with van der Waals surface area (Å²) in [5.74, 6) is 0.542. The minimum Gasteiger partial charge on any atom is -0.313 e. The lowest BCUT2D eigenvalue weighted by Crippen LogP contribution is -2.35. The van der Waals surface area contributed by atoms with Gasteiger partial charge in [0.2, 0.25) is 0 Å². The largest absolute Gasteiger partial charge is 0.313 e. The molecule has 0 spiro atoms. The van der Waals surface area contributed by atoms with E-state index in [-0.39, 0.29) is 35.1 Å². The predicted octanol–water partition coefficient (Wildman–Crippen LogP) is 5.24. The summed E-state index contributed by atoms with van der Waals surface area (Å²) >= 11 is 7.60. The number of rotatable bonds is 4. The predicted molar refractivity (Wildman–Crippen MR) is 109 cm³/mol. The number of carbonyl (C=O) groups is 1. The Labute approximate surface area is 166 Å². The van der Waals surface area contributed by atoms with Gasteiger partial charge in [0.15, 0.2) is 11.0 Å². The number of halogens is 3. The summed E-state index contributed by atoms with van der Waals surface area (Å²) in [7, 11) is 0. The van der Waals surface area contributed by atoms with E-state index in [9.17, 15) is 9.18 Å². The average molecular weight is 444 g/mol. The van der Waals surface area contributed by atoms with Crippen molar-refractivity contribution in [3.05, 3.63) is 64.9 Å². The van der Waals surface area contributed by atoms with Gasteiger partial charge in [-0.2, -0.15) is 0 Å². The summed E-state index contributed by atoms with van der Waals surface area (Å²) in [4.78, 5) is 19.0. The van der Waals surface area contributed by atoms with Crippen LogP contribution in [-0.2, 0) is 0 Å². The number of nitrogens with zero attached hydrogens (tertiary/aromatic N) is 2. The Morgan fingerprint density at radius 3 is 2.44 bits per heavy atom. The molecular weight excluding hydrogens is 427 g/mol. The third kappa shape index (κ3) is 5.30. The molecule has 2 aromatic carbocycles. The number of amidine groups is 1. The molecule has 0 radical (unpaired) electrons. The van der Waals surface area contributed by atoms with Crippen LogP contribution < -0.4 is 4.90 Å². The zero-order valence-electron chi connectivity index (χ0n) is 13.3. The normalized spacial score (nSPS) is 13.6. The van der Waals surface area contributed by atoms with Gasteiger partial charge in [-0.3, -0.25) is 9.79 Å². The first kappa shape index (κ1) is 19.9. The quantitative estimate of drug-likeness (QED) is 0.606. The number of aliphatic imine (C=N–C) groups is 1. The van der Waals surface area contributed by atoms with Crippen molar-refractivity contribution in [1.82, 2.24) is 0 Å². The number of ketones is 1. The maximum Gasteiger partial charge on any atom is 0.182 e. The molecule has 0 fully saturated rings. The standard InChI is InChI=1S/C18H16ClFN2OS.BrH/c19-14-4-8-16(9-5-14)22(18-21-10-1-11-24-18)12-17(23)13-2-6-15(20)7-3-13;/h2-9H,1,10-12H2;1H. The van der Waals surface area contributed by atoms with Crippen molar-refractivity contribution in [1.29, 1.82) is 0 Å². The van der Waals surface area contributed by atoms with Gasteiger partial charge in [-0.15, -0.1) is 17.0 Å². The zero-order valence-corrected chi connectivity index (χ0v) is 16.6. The Hall–Kier alpha value is -1.37. The van der Waals surface area contributed by atoms with Crippen molar-refractivity contribution < 1.29 is 9.18 Å². The van der Waals surface area contributed by atoms with Crippen molar-refractivity contribution in [3.63, 3.8) is 0 Å². The SMILES string of the molecule is Br.O=C(CN(C1=NCCCS1)c1ccc(Cl)cc1)c1ccc(F)cc1. The molecule has 0 amide bonds. The molecule has 3 rings (SSSR count). The summed E-state index contributed by atoms with van der Waals surface area (Å²) in [5, 5.41) is 1.47. The van der Waals surface area contributed by atoms with E-state index in [0.717, 1.165) is 29.6 Å². The highest BCUT2D eigenvalue weighted by molar-refractivity contribution is 8.93. The van der Waals surface area contributed by atoms with Crippen LogP contribution in [0.4, 0.5) is 10.1 Å². The van der Waals surface area contributed by atoms with Crippen LogP contribution in [0.5, 0.6) is 0 Å². The third-order valence-corrected chi connectivity index (χ3v) is 4.97. The highest BCUT2D eigenvalue weighted by Gasteiger charge is 2.20. The van der Waals surface area contributed by atoms with E-state index in [2.05, 4.69) is 4.99 Å². The molecule has 132 valence electrons. The summed E-state index contributed by atoms with van der Waals surface area (Å²) in [6.45, 7) is 0.913. The van der Waals surface area contributed by atoms with Crippen molar-refractivity contribution in [2.45, 2.75) is 6.42 Å². The molecule has 1 aliphatic heterocycles. The van der Waals surface area contributed by atoms with Crippen molar-refractivity contribution in [3.8, 4) is 0 Å². The fourth-order valence-electron chi connectivity index (χ4n) is 2.37. The lowest BCUT2D eigenvalue weighted by atomic mass is 10.1. The summed E-state index contributed by atoms with van der Waals surface area (Å²) < 4.78 is 13.0. The maximum absolute atomic E-state index is 13.0. The molecule has 7 heteroatoms. The lowest BCUT2D eigenvalue weighted by Gasteiger charge is -2.27. The van der Waals surface area contributed by atoms with E-state index in [1.165, 1.54) is 24.3 Å². The number of benzene rings is 2. The van der Waals surface area contributed by atoms with Crippen LogP contribution in [0.1, 0.15) is 16.8 Å². The zero-order chi connectivity index (χ0) is 16.9. The first-order valence-corrected chi connectivity index (χ1v) is 8.99. The fourth-order valence-corrected chi connectivity index (χ4v) is 3.46. The molecule has 2 aromatic rings. The molecule has 0 N–H and O–H groups in total. The minimum atomic E-state index is -0.353. The van der Waals surface area contributed by atoms with Gasteiger partial charge in [0.05, 0.1) is 6.54 Å².